The Hall–Kier alpha value is -2.25. The maximum Gasteiger partial charge on any atom is 0.264 e. The third kappa shape index (κ3) is 5.17. The van der Waals surface area contributed by atoms with Crippen LogP contribution in [0.4, 0.5) is 5.69 Å². The fraction of sp³-hybridized carbons (Fsp3) is 0.238. The summed E-state index contributed by atoms with van der Waals surface area (Å²) in [7, 11) is 0. The molecule has 1 aliphatic rings. The minimum absolute atomic E-state index is 0.171. The van der Waals surface area contributed by atoms with Gasteiger partial charge in [0.15, 0.2) is 16.7 Å². The van der Waals surface area contributed by atoms with Crippen molar-refractivity contribution in [3.05, 3.63) is 57.4 Å². The molecule has 2 aromatic rings. The van der Waals surface area contributed by atoms with Gasteiger partial charge in [0.2, 0.25) is 0 Å². The molecular weight excluding hydrogens is 440 g/mol. The topological polar surface area (TPSA) is 59.9 Å². The third-order valence-electron chi connectivity index (χ3n) is 3.75. The lowest BCUT2D eigenvalue weighted by molar-refractivity contribution is -0.115. The van der Waals surface area contributed by atoms with E-state index in [1.54, 1.807) is 0 Å². The molecule has 1 aliphatic heterocycles. The standard InChI is InChI=1S/C21H21BrN2O3S/c1-3-10-27-18-13-16(22)14(11-17(18)26-4-2)12-19-20(25)24-21(28-19)23-15-8-6-5-7-9-15/h5-9,11-13H,3-4,10H2,1-2H3,(H,23,24,25)/b19-12-. The Morgan fingerprint density at radius 3 is 2.61 bits per heavy atom. The third-order valence-corrected chi connectivity index (χ3v) is 5.35. The van der Waals surface area contributed by atoms with Gasteiger partial charge in [-0.25, -0.2) is 4.99 Å². The van der Waals surface area contributed by atoms with Crippen LogP contribution in [-0.2, 0) is 4.79 Å². The predicted molar refractivity (Wildman–Crippen MR) is 118 cm³/mol. The Labute approximate surface area is 177 Å². The number of carbonyl (C=O) groups excluding carboxylic acids is 1. The lowest BCUT2D eigenvalue weighted by Gasteiger charge is -2.13. The summed E-state index contributed by atoms with van der Waals surface area (Å²) in [4.78, 5) is 17.4. The number of carbonyl (C=O) groups is 1. The molecule has 1 heterocycles. The SMILES string of the molecule is CCCOc1cc(Br)c(/C=C2\SC(=Nc3ccccc3)NC2=O)cc1OCC. The molecule has 0 unspecified atom stereocenters. The maximum absolute atomic E-state index is 12.4. The minimum atomic E-state index is -0.171. The van der Waals surface area contributed by atoms with Gasteiger partial charge in [0, 0.05) is 4.47 Å². The number of amides is 1. The summed E-state index contributed by atoms with van der Waals surface area (Å²) >= 11 is 4.88. The first-order valence-electron chi connectivity index (χ1n) is 9.04. The van der Waals surface area contributed by atoms with Crippen LogP contribution in [0.3, 0.4) is 0 Å². The van der Waals surface area contributed by atoms with Gasteiger partial charge in [0.25, 0.3) is 5.91 Å². The van der Waals surface area contributed by atoms with Gasteiger partial charge in [0.05, 0.1) is 23.8 Å². The highest BCUT2D eigenvalue weighted by atomic mass is 79.9. The van der Waals surface area contributed by atoms with Gasteiger partial charge in [-0.3, -0.25) is 4.79 Å². The van der Waals surface area contributed by atoms with Crippen molar-refractivity contribution < 1.29 is 14.3 Å². The van der Waals surface area contributed by atoms with Crippen LogP contribution in [0.15, 0.2) is 56.8 Å². The van der Waals surface area contributed by atoms with Crippen LogP contribution in [0, 0.1) is 0 Å². The van der Waals surface area contributed by atoms with Gasteiger partial charge >= 0.3 is 0 Å². The minimum Gasteiger partial charge on any atom is -0.490 e. The molecule has 1 N–H and O–H groups in total. The Morgan fingerprint density at radius 2 is 1.89 bits per heavy atom. The second-order valence-electron chi connectivity index (χ2n) is 5.92. The molecule has 146 valence electrons. The first kappa shape index (κ1) is 20.5. The number of aliphatic imine (C=N–C) groups is 1. The smallest absolute Gasteiger partial charge is 0.264 e. The van der Waals surface area contributed by atoms with E-state index in [4.69, 9.17) is 9.47 Å². The zero-order valence-corrected chi connectivity index (χ0v) is 18.1. The van der Waals surface area contributed by atoms with Crippen molar-refractivity contribution in [2.45, 2.75) is 20.3 Å². The monoisotopic (exact) mass is 460 g/mol. The second kappa shape index (κ2) is 9.80. The van der Waals surface area contributed by atoms with Crippen LogP contribution < -0.4 is 14.8 Å². The number of halogens is 1. The van der Waals surface area contributed by atoms with Crippen LogP contribution in [0.1, 0.15) is 25.8 Å². The van der Waals surface area contributed by atoms with Crippen molar-refractivity contribution in [2.75, 3.05) is 13.2 Å². The number of benzene rings is 2. The molecule has 2 aromatic carbocycles. The van der Waals surface area contributed by atoms with E-state index in [-0.39, 0.29) is 5.91 Å². The zero-order valence-electron chi connectivity index (χ0n) is 15.7. The Kier molecular flexibility index (Phi) is 7.17. The van der Waals surface area contributed by atoms with Crippen molar-refractivity contribution in [1.29, 1.82) is 0 Å². The number of thioether (sulfide) groups is 1. The van der Waals surface area contributed by atoms with Gasteiger partial charge in [0.1, 0.15) is 0 Å². The van der Waals surface area contributed by atoms with Gasteiger partial charge in [-0.1, -0.05) is 41.1 Å². The van der Waals surface area contributed by atoms with Crippen LogP contribution in [-0.4, -0.2) is 24.3 Å². The summed E-state index contributed by atoms with van der Waals surface area (Å²) in [5.41, 5.74) is 1.63. The van der Waals surface area contributed by atoms with E-state index in [0.29, 0.717) is 34.8 Å². The first-order valence-corrected chi connectivity index (χ1v) is 10.7. The molecule has 0 aliphatic carbocycles. The van der Waals surface area contributed by atoms with E-state index in [2.05, 4.69) is 33.2 Å². The van der Waals surface area contributed by atoms with E-state index < -0.39 is 0 Å². The second-order valence-corrected chi connectivity index (χ2v) is 7.80. The molecule has 1 saturated heterocycles. The summed E-state index contributed by atoms with van der Waals surface area (Å²) in [6.45, 7) is 5.13. The Bertz CT molecular complexity index is 913. The van der Waals surface area contributed by atoms with Gasteiger partial charge in [-0.05, 0) is 61.0 Å². The highest BCUT2D eigenvalue weighted by molar-refractivity contribution is 9.10. The lowest BCUT2D eigenvalue weighted by atomic mass is 10.2. The summed E-state index contributed by atoms with van der Waals surface area (Å²) in [5.74, 6) is 1.18. The largest absolute Gasteiger partial charge is 0.490 e. The van der Waals surface area contributed by atoms with Gasteiger partial charge in [-0.2, -0.15) is 0 Å². The summed E-state index contributed by atoms with van der Waals surface area (Å²) in [6.07, 6.45) is 2.74. The van der Waals surface area contributed by atoms with Crippen LogP contribution in [0.25, 0.3) is 6.08 Å². The maximum atomic E-state index is 12.4. The zero-order chi connectivity index (χ0) is 19.9. The molecule has 0 aromatic heterocycles. The van der Waals surface area contributed by atoms with Crippen LogP contribution >= 0.6 is 27.7 Å². The highest BCUT2D eigenvalue weighted by Crippen LogP contribution is 2.37. The van der Waals surface area contributed by atoms with Gasteiger partial charge in [-0.15, -0.1) is 0 Å². The molecule has 3 rings (SSSR count). The fourth-order valence-electron chi connectivity index (χ4n) is 2.50. The van der Waals surface area contributed by atoms with Crippen molar-refractivity contribution in [3.63, 3.8) is 0 Å². The number of nitrogens with zero attached hydrogens (tertiary/aromatic N) is 1. The first-order chi connectivity index (χ1) is 13.6. The molecule has 0 saturated carbocycles. The van der Waals surface area contributed by atoms with Crippen molar-refractivity contribution >= 4 is 50.5 Å². The van der Waals surface area contributed by atoms with Crippen molar-refractivity contribution in [1.82, 2.24) is 5.32 Å². The van der Waals surface area contributed by atoms with E-state index >= 15 is 0 Å². The molecule has 28 heavy (non-hydrogen) atoms. The normalized spacial score (nSPS) is 16.5. The Balaban J connectivity index is 1.87. The lowest BCUT2D eigenvalue weighted by Crippen LogP contribution is -2.19. The average Bonchev–Trinajstić information content (AvgIpc) is 3.02. The quantitative estimate of drug-likeness (QED) is 0.551. The molecule has 5 nitrogen and oxygen atoms in total. The number of hydrogen-bond acceptors (Lipinski definition) is 5. The Morgan fingerprint density at radius 1 is 1.14 bits per heavy atom. The number of hydrogen-bond donors (Lipinski definition) is 1. The van der Waals surface area contributed by atoms with Crippen LogP contribution in [0.2, 0.25) is 0 Å². The van der Waals surface area contributed by atoms with E-state index in [1.807, 2.05) is 55.5 Å². The molecule has 0 spiro atoms. The molecular formula is C21H21BrN2O3S. The van der Waals surface area contributed by atoms with Crippen LogP contribution in [0.5, 0.6) is 11.5 Å². The number of nitrogens with one attached hydrogen (secondary N) is 1. The summed E-state index contributed by atoms with van der Waals surface area (Å²) in [5, 5.41) is 3.37. The van der Waals surface area contributed by atoms with Crippen molar-refractivity contribution in [2.24, 2.45) is 4.99 Å². The molecule has 0 radical (unpaired) electrons. The molecule has 1 amide bonds. The molecule has 0 atom stereocenters. The predicted octanol–water partition coefficient (Wildman–Crippen LogP) is 5.53. The van der Waals surface area contributed by atoms with E-state index in [9.17, 15) is 4.79 Å². The fourth-order valence-corrected chi connectivity index (χ4v) is 3.77. The van der Waals surface area contributed by atoms with Crippen molar-refractivity contribution in [3.8, 4) is 11.5 Å². The highest BCUT2D eigenvalue weighted by Gasteiger charge is 2.24. The molecule has 1 fully saturated rings. The van der Waals surface area contributed by atoms with Gasteiger partial charge < -0.3 is 14.8 Å². The van der Waals surface area contributed by atoms with E-state index in [0.717, 1.165) is 22.1 Å². The summed E-state index contributed by atoms with van der Waals surface area (Å²) < 4.78 is 12.3. The van der Waals surface area contributed by atoms with E-state index in [1.165, 1.54) is 11.8 Å². The summed E-state index contributed by atoms with van der Waals surface area (Å²) in [6, 6.07) is 13.3. The number of ether oxygens (including phenoxy) is 2. The number of rotatable bonds is 7. The average molecular weight is 461 g/mol. The number of para-hydroxylation sites is 1. The number of amidine groups is 1. The molecule has 7 heteroatoms. The molecule has 0 bridgehead atoms.